The summed E-state index contributed by atoms with van der Waals surface area (Å²) >= 11 is 3.42. The molecule has 0 radical (unpaired) electrons. The highest BCUT2D eigenvalue weighted by atomic mass is 79.9. The van der Waals surface area contributed by atoms with Crippen molar-refractivity contribution < 1.29 is 0 Å². The SMILES string of the molecule is CC(C)CN(C)c1cc(Br)ccc1C#N. The Hall–Kier alpha value is -1.01. The van der Waals surface area contributed by atoms with Crippen molar-refractivity contribution in [1.29, 1.82) is 5.26 Å². The number of nitriles is 1. The van der Waals surface area contributed by atoms with Crippen LogP contribution in [0.3, 0.4) is 0 Å². The molecule has 0 aliphatic carbocycles. The normalized spacial score (nSPS) is 10.1. The van der Waals surface area contributed by atoms with Crippen LogP contribution in [0.2, 0.25) is 0 Å². The van der Waals surface area contributed by atoms with Gasteiger partial charge in [0, 0.05) is 18.1 Å². The van der Waals surface area contributed by atoms with Gasteiger partial charge in [0.25, 0.3) is 0 Å². The molecule has 0 heterocycles. The maximum absolute atomic E-state index is 9.00. The zero-order valence-electron chi connectivity index (χ0n) is 9.29. The quantitative estimate of drug-likeness (QED) is 0.839. The molecule has 0 aromatic heterocycles. The Bertz CT molecular complexity index is 380. The van der Waals surface area contributed by atoms with Gasteiger partial charge in [0.05, 0.1) is 11.3 Å². The van der Waals surface area contributed by atoms with Gasteiger partial charge in [0.2, 0.25) is 0 Å². The average molecular weight is 267 g/mol. The third-order valence-electron chi connectivity index (χ3n) is 2.13. The van der Waals surface area contributed by atoms with E-state index in [0.29, 0.717) is 5.92 Å². The van der Waals surface area contributed by atoms with Crippen LogP contribution in [-0.2, 0) is 0 Å². The molecule has 0 bridgehead atoms. The first-order chi connectivity index (χ1) is 7.04. The fourth-order valence-corrected chi connectivity index (χ4v) is 1.91. The lowest BCUT2D eigenvalue weighted by Crippen LogP contribution is -2.23. The molecule has 0 amide bonds. The number of nitrogens with zero attached hydrogens (tertiary/aromatic N) is 2. The van der Waals surface area contributed by atoms with Gasteiger partial charge in [-0.25, -0.2) is 0 Å². The standard InChI is InChI=1S/C12H15BrN2/c1-9(2)8-15(3)12-6-11(13)5-4-10(12)7-14/h4-6,9H,8H2,1-3H3. The third kappa shape index (κ3) is 3.24. The summed E-state index contributed by atoms with van der Waals surface area (Å²) < 4.78 is 1.01. The van der Waals surface area contributed by atoms with Gasteiger partial charge in [-0.15, -0.1) is 0 Å². The van der Waals surface area contributed by atoms with Crippen molar-refractivity contribution in [1.82, 2.24) is 0 Å². The summed E-state index contributed by atoms with van der Waals surface area (Å²) in [6.07, 6.45) is 0. The molecule has 0 N–H and O–H groups in total. The van der Waals surface area contributed by atoms with Crippen molar-refractivity contribution >= 4 is 21.6 Å². The molecule has 1 aromatic carbocycles. The van der Waals surface area contributed by atoms with E-state index in [9.17, 15) is 0 Å². The third-order valence-corrected chi connectivity index (χ3v) is 2.62. The average Bonchev–Trinajstić information content (AvgIpc) is 2.16. The Morgan fingerprint density at radius 2 is 2.13 bits per heavy atom. The topological polar surface area (TPSA) is 27.0 Å². The van der Waals surface area contributed by atoms with Gasteiger partial charge in [-0.05, 0) is 24.1 Å². The molecule has 0 atom stereocenters. The van der Waals surface area contributed by atoms with Crippen LogP contribution in [-0.4, -0.2) is 13.6 Å². The molecule has 0 aliphatic rings. The van der Waals surface area contributed by atoms with Gasteiger partial charge in [0.1, 0.15) is 6.07 Å². The predicted molar refractivity (Wildman–Crippen MR) is 67.0 cm³/mol. The van der Waals surface area contributed by atoms with Crippen LogP contribution in [0.5, 0.6) is 0 Å². The van der Waals surface area contributed by atoms with E-state index in [4.69, 9.17) is 5.26 Å². The summed E-state index contributed by atoms with van der Waals surface area (Å²) in [6, 6.07) is 7.94. The first-order valence-electron chi connectivity index (χ1n) is 4.95. The van der Waals surface area contributed by atoms with E-state index in [2.05, 4.69) is 40.7 Å². The highest BCUT2D eigenvalue weighted by molar-refractivity contribution is 9.10. The van der Waals surface area contributed by atoms with Crippen molar-refractivity contribution in [2.75, 3.05) is 18.5 Å². The van der Waals surface area contributed by atoms with Crippen LogP contribution in [0, 0.1) is 17.2 Å². The van der Waals surface area contributed by atoms with Gasteiger partial charge < -0.3 is 4.90 Å². The van der Waals surface area contributed by atoms with Gasteiger partial charge in [-0.1, -0.05) is 29.8 Å². The number of rotatable bonds is 3. The minimum atomic E-state index is 0.584. The van der Waals surface area contributed by atoms with Crippen molar-refractivity contribution in [3.63, 3.8) is 0 Å². The van der Waals surface area contributed by atoms with E-state index in [1.165, 1.54) is 0 Å². The zero-order chi connectivity index (χ0) is 11.4. The Morgan fingerprint density at radius 3 is 2.67 bits per heavy atom. The molecule has 80 valence electrons. The lowest BCUT2D eigenvalue weighted by molar-refractivity contribution is 0.638. The predicted octanol–water partition coefficient (Wildman–Crippen LogP) is 3.41. The summed E-state index contributed by atoms with van der Waals surface area (Å²) in [7, 11) is 2.02. The van der Waals surface area contributed by atoms with Crippen LogP contribution < -0.4 is 4.90 Å². The molecule has 3 heteroatoms. The van der Waals surface area contributed by atoms with E-state index >= 15 is 0 Å². The number of benzene rings is 1. The van der Waals surface area contributed by atoms with Crippen LogP contribution in [0.25, 0.3) is 0 Å². The van der Waals surface area contributed by atoms with Crippen LogP contribution in [0.1, 0.15) is 19.4 Å². The Labute approximate surface area is 99.6 Å². The van der Waals surface area contributed by atoms with Gasteiger partial charge in [-0.3, -0.25) is 0 Å². The van der Waals surface area contributed by atoms with Gasteiger partial charge in [0.15, 0.2) is 0 Å². The maximum Gasteiger partial charge on any atom is 0.101 e. The second-order valence-corrected chi connectivity index (χ2v) is 4.96. The fourth-order valence-electron chi connectivity index (χ4n) is 1.56. The number of halogens is 1. The van der Waals surface area contributed by atoms with Crippen molar-refractivity contribution in [3.8, 4) is 6.07 Å². The van der Waals surface area contributed by atoms with E-state index in [-0.39, 0.29) is 0 Å². The molecule has 0 spiro atoms. The fraction of sp³-hybridized carbons (Fsp3) is 0.417. The van der Waals surface area contributed by atoms with Crippen LogP contribution in [0.15, 0.2) is 22.7 Å². The molecule has 1 aromatic rings. The smallest absolute Gasteiger partial charge is 0.101 e. The second kappa shape index (κ2) is 5.18. The summed E-state index contributed by atoms with van der Waals surface area (Å²) in [5.41, 5.74) is 1.71. The first-order valence-corrected chi connectivity index (χ1v) is 5.74. The van der Waals surface area contributed by atoms with Crippen LogP contribution >= 0.6 is 15.9 Å². The number of hydrogen-bond acceptors (Lipinski definition) is 2. The summed E-state index contributed by atoms with van der Waals surface area (Å²) in [5.74, 6) is 0.584. The molecule has 0 unspecified atom stereocenters. The largest absolute Gasteiger partial charge is 0.373 e. The molecule has 2 nitrogen and oxygen atoms in total. The second-order valence-electron chi connectivity index (χ2n) is 4.05. The summed E-state index contributed by atoms with van der Waals surface area (Å²) in [5, 5.41) is 9.00. The van der Waals surface area contributed by atoms with E-state index in [1.54, 1.807) is 0 Å². The van der Waals surface area contributed by atoms with Crippen molar-refractivity contribution in [2.45, 2.75) is 13.8 Å². The maximum atomic E-state index is 9.00. The molecular weight excluding hydrogens is 252 g/mol. The van der Waals surface area contributed by atoms with Crippen LogP contribution in [0.4, 0.5) is 5.69 Å². The number of anilines is 1. The Morgan fingerprint density at radius 1 is 1.47 bits per heavy atom. The summed E-state index contributed by atoms with van der Waals surface area (Å²) in [6.45, 7) is 5.28. The minimum Gasteiger partial charge on any atom is -0.373 e. The highest BCUT2D eigenvalue weighted by Gasteiger charge is 2.08. The lowest BCUT2D eigenvalue weighted by Gasteiger charge is -2.22. The van der Waals surface area contributed by atoms with Gasteiger partial charge >= 0.3 is 0 Å². The van der Waals surface area contributed by atoms with Crippen molar-refractivity contribution in [2.24, 2.45) is 5.92 Å². The molecule has 1 rings (SSSR count). The van der Waals surface area contributed by atoms with Gasteiger partial charge in [-0.2, -0.15) is 5.26 Å². The summed E-state index contributed by atoms with van der Waals surface area (Å²) in [4.78, 5) is 2.12. The van der Waals surface area contributed by atoms with E-state index < -0.39 is 0 Å². The highest BCUT2D eigenvalue weighted by Crippen LogP contribution is 2.24. The molecule has 0 saturated heterocycles. The molecule has 0 fully saturated rings. The molecule has 0 saturated carbocycles. The van der Waals surface area contributed by atoms with Crippen molar-refractivity contribution in [3.05, 3.63) is 28.2 Å². The monoisotopic (exact) mass is 266 g/mol. The molecular formula is C12H15BrN2. The Kier molecular flexibility index (Phi) is 4.16. The first kappa shape index (κ1) is 12.1. The molecule has 0 aliphatic heterocycles. The minimum absolute atomic E-state index is 0.584. The Balaban J connectivity index is 3.01. The van der Waals surface area contributed by atoms with E-state index in [0.717, 1.165) is 22.3 Å². The lowest BCUT2D eigenvalue weighted by atomic mass is 10.1. The number of hydrogen-bond donors (Lipinski definition) is 0. The zero-order valence-corrected chi connectivity index (χ0v) is 10.9. The molecule has 15 heavy (non-hydrogen) atoms. The van der Waals surface area contributed by atoms with E-state index in [1.807, 2.05) is 25.2 Å².